The highest BCUT2D eigenvalue weighted by Crippen LogP contribution is 2.38. The average molecular weight is 1460 g/mol. The molecule has 5 saturated heterocycles. The van der Waals surface area contributed by atoms with Crippen molar-refractivity contribution in [1.82, 2.24) is 54.0 Å². The van der Waals surface area contributed by atoms with E-state index in [0.717, 1.165) is 142 Å². The lowest BCUT2D eigenvalue weighted by Gasteiger charge is -2.36. The van der Waals surface area contributed by atoms with E-state index < -0.39 is 0 Å². The van der Waals surface area contributed by atoms with E-state index in [1.165, 1.54) is 65.5 Å². The van der Waals surface area contributed by atoms with Gasteiger partial charge in [-0.25, -0.2) is 28.8 Å². The first-order valence-corrected chi connectivity index (χ1v) is 38.7. The minimum absolute atomic E-state index is 0.176. The highest BCUT2D eigenvalue weighted by Gasteiger charge is 2.30. The molecule has 5 N–H and O–H groups in total. The smallest absolute Gasteiger partial charge is 0.408 e. The maximum atomic E-state index is 11.6. The summed E-state index contributed by atoms with van der Waals surface area (Å²) >= 11 is 0. The van der Waals surface area contributed by atoms with Crippen LogP contribution in [0.4, 0.5) is 0 Å². The maximum Gasteiger partial charge on any atom is 0.419 e. The second-order valence-electron chi connectivity index (χ2n) is 31.5. The summed E-state index contributed by atoms with van der Waals surface area (Å²) in [5.41, 5.74) is 17.4. The number of rotatable bonds is 6. The van der Waals surface area contributed by atoms with E-state index in [2.05, 4.69) is 97.6 Å². The van der Waals surface area contributed by atoms with Gasteiger partial charge in [0, 0.05) is 66.0 Å². The number of aryl methyl sites for hydroxylation is 6. The summed E-state index contributed by atoms with van der Waals surface area (Å²) in [6.45, 7) is 17.4. The summed E-state index contributed by atoms with van der Waals surface area (Å²) in [6, 6.07) is 38.4. The molecule has 1 saturated carbocycles. The van der Waals surface area contributed by atoms with Crippen molar-refractivity contribution in [2.75, 3.05) is 39.3 Å². The van der Waals surface area contributed by atoms with Crippen LogP contribution in [0.3, 0.4) is 0 Å². The van der Waals surface area contributed by atoms with E-state index in [1.807, 2.05) is 72.8 Å². The molecule has 5 aliphatic heterocycles. The fraction of sp³-hybridized carbons (Fsp3) is 0.500. The third kappa shape index (κ3) is 17.3. The average Bonchev–Trinajstić information content (AvgIpc) is 1.75. The van der Waals surface area contributed by atoms with E-state index in [-0.39, 0.29) is 40.1 Å². The number of oxazole rings is 6. The maximum absolute atomic E-state index is 11.6. The van der Waals surface area contributed by atoms with Gasteiger partial charge in [-0.05, 0) is 287 Å². The number of hydrogen-bond acceptors (Lipinski definition) is 17. The van der Waals surface area contributed by atoms with Crippen LogP contribution >= 0.6 is 0 Å². The number of benzene rings is 6. The Morgan fingerprint density at radius 3 is 1.01 bits per heavy atom. The van der Waals surface area contributed by atoms with Gasteiger partial charge in [-0.15, -0.1) is 0 Å². The van der Waals surface area contributed by atoms with E-state index in [0.29, 0.717) is 81.5 Å². The Kier molecular flexibility index (Phi) is 23.5. The predicted octanol–water partition coefficient (Wildman–Crippen LogP) is 13.1. The lowest BCUT2D eigenvalue weighted by molar-refractivity contribution is 0.275. The predicted molar refractivity (Wildman–Crippen MR) is 422 cm³/mol. The number of aromatic nitrogens is 6. The molecule has 1 aliphatic carbocycles. The second-order valence-corrected chi connectivity index (χ2v) is 31.5. The molecule has 7 atom stereocenters. The lowest BCUT2D eigenvalue weighted by atomic mass is 9.80. The molecular formula is C84H107N11O12. The number of fused-ring (bicyclic) bond motifs is 6. The van der Waals surface area contributed by atoms with Crippen LogP contribution in [0.25, 0.3) is 66.6 Å². The Morgan fingerprint density at radius 1 is 0.336 bits per heavy atom. The standard InChI is InChI=1S/C15H20N2O2.3C14H18N2O2.C14H17NO2.C13H16N2O2/c1-15(2)9-11(6-7-16-15)10-4-5-12-13(8-10)19-14(18)17(12)3;3*1-9-7-11(5-6-15-9)10-3-4-12-13(8-10)18-14(17)16(12)2;1-15-12-8-7-11(9-13(12)17-14(15)16)10-5-3-2-4-6-10;1-15-12-10(9-5-7-14-8-6-9)3-2-4-11(12)17-13(15)16/h4-5,8,11,16H,6-7,9H2,1-3H3;3*3-4,8-9,11,15H,5-7H2,1-2H3;7-10H,2-6H2,1H3;2-4,9,14H,5-8H2,1H3/t;2*9-,11?;;;/m.10.../s1. The Balaban J connectivity index is 0.000000113. The third-order valence-corrected chi connectivity index (χ3v) is 23.4. The Bertz CT molecular complexity index is 5190. The van der Waals surface area contributed by atoms with Crippen molar-refractivity contribution in [3.63, 3.8) is 0 Å². The monoisotopic (exact) mass is 1460 g/mol. The van der Waals surface area contributed by atoms with Crippen molar-refractivity contribution in [2.24, 2.45) is 42.3 Å². The summed E-state index contributed by atoms with van der Waals surface area (Å²) in [5.74, 6) is 1.69. The largest absolute Gasteiger partial charge is 0.419 e. The molecule has 5 unspecified atom stereocenters. The van der Waals surface area contributed by atoms with Crippen molar-refractivity contribution in [2.45, 2.75) is 190 Å². The summed E-state index contributed by atoms with van der Waals surface area (Å²) in [7, 11) is 10.5. The number of nitrogens with one attached hydrogen (secondary N) is 5. The Morgan fingerprint density at radius 2 is 0.654 bits per heavy atom. The van der Waals surface area contributed by atoms with Gasteiger partial charge in [0.15, 0.2) is 33.5 Å². The molecule has 0 amide bonds. The zero-order valence-electron chi connectivity index (χ0n) is 64.0. The van der Waals surface area contributed by atoms with Crippen molar-refractivity contribution in [3.8, 4) is 0 Å². The normalized spacial score (nSPS) is 22.1. The van der Waals surface area contributed by atoms with Crippen LogP contribution in [0.1, 0.15) is 200 Å². The van der Waals surface area contributed by atoms with Crippen molar-refractivity contribution >= 4 is 66.6 Å². The number of hydrogen-bond donors (Lipinski definition) is 5. The molecule has 6 aromatic carbocycles. The van der Waals surface area contributed by atoms with Gasteiger partial charge in [0.1, 0.15) is 0 Å². The molecule has 18 rings (SSSR count). The van der Waals surface area contributed by atoms with Gasteiger partial charge in [-0.2, -0.15) is 0 Å². The summed E-state index contributed by atoms with van der Waals surface area (Å²) in [4.78, 5) is 68.9. The zero-order chi connectivity index (χ0) is 75.4. The van der Waals surface area contributed by atoms with Crippen LogP contribution in [0, 0.1) is 0 Å². The first kappa shape index (κ1) is 76.0. The molecule has 6 aliphatic rings. The molecular weight excluding hydrogens is 1350 g/mol. The van der Waals surface area contributed by atoms with Gasteiger partial charge >= 0.3 is 34.5 Å². The molecule has 11 heterocycles. The molecule has 23 nitrogen and oxygen atoms in total. The van der Waals surface area contributed by atoms with Crippen molar-refractivity contribution in [1.29, 1.82) is 0 Å². The fourth-order valence-corrected chi connectivity index (χ4v) is 17.1. The number of piperidine rings is 5. The van der Waals surface area contributed by atoms with Gasteiger partial charge in [0.25, 0.3) is 0 Å². The fourth-order valence-electron chi connectivity index (χ4n) is 17.1. The Labute approximate surface area is 621 Å². The van der Waals surface area contributed by atoms with Gasteiger partial charge in [-0.3, -0.25) is 27.4 Å². The van der Waals surface area contributed by atoms with E-state index in [4.69, 9.17) is 26.5 Å². The number of nitrogens with zero attached hydrogens (tertiary/aromatic N) is 6. The second kappa shape index (κ2) is 33.1. The van der Waals surface area contributed by atoms with Crippen LogP contribution < -0.4 is 61.1 Å². The van der Waals surface area contributed by atoms with Gasteiger partial charge < -0.3 is 53.1 Å². The Hall–Kier alpha value is -9.26. The summed E-state index contributed by atoms with van der Waals surface area (Å²) < 4.78 is 40.8. The van der Waals surface area contributed by atoms with Crippen LogP contribution in [0.15, 0.2) is 164 Å². The molecule has 12 aromatic rings. The van der Waals surface area contributed by atoms with Crippen LogP contribution in [0.2, 0.25) is 0 Å². The highest BCUT2D eigenvalue weighted by atomic mass is 16.4. The van der Waals surface area contributed by atoms with Crippen molar-refractivity contribution in [3.05, 3.63) is 206 Å². The van der Waals surface area contributed by atoms with E-state index in [9.17, 15) is 28.8 Å². The quantitative estimate of drug-likeness (QED) is 0.103. The van der Waals surface area contributed by atoms with E-state index >= 15 is 0 Å². The van der Waals surface area contributed by atoms with Crippen LogP contribution in [-0.2, 0) is 42.3 Å². The van der Waals surface area contributed by atoms with Gasteiger partial charge in [-0.1, -0.05) is 61.7 Å². The first-order chi connectivity index (χ1) is 51.4. The summed E-state index contributed by atoms with van der Waals surface area (Å²) in [5, 5.41) is 17.3. The topological polar surface area (TPSA) is 271 Å². The third-order valence-electron chi connectivity index (χ3n) is 23.4. The van der Waals surface area contributed by atoms with Crippen LogP contribution in [0.5, 0.6) is 0 Å². The molecule has 0 radical (unpaired) electrons. The van der Waals surface area contributed by atoms with Gasteiger partial charge in [0.05, 0.1) is 33.1 Å². The molecule has 6 fully saturated rings. The molecule has 107 heavy (non-hydrogen) atoms. The zero-order valence-corrected chi connectivity index (χ0v) is 64.0. The molecule has 570 valence electrons. The highest BCUT2D eigenvalue weighted by molar-refractivity contribution is 5.79. The van der Waals surface area contributed by atoms with Gasteiger partial charge in [0.2, 0.25) is 0 Å². The minimum atomic E-state index is -0.294. The molecule has 0 spiro atoms. The molecule has 23 heteroatoms. The summed E-state index contributed by atoms with van der Waals surface area (Å²) in [6.07, 6.45) is 17.9. The first-order valence-electron chi connectivity index (χ1n) is 38.7. The molecule has 0 bridgehead atoms. The SMILES string of the molecule is CC1CC(c2ccc3c(c2)oc(=O)n3C)CCN1.C[C@@H]1CC(c2ccc3c(c2)oc(=O)n3C)CCN1.C[C@H]1CC(c2ccc3c(c2)oc(=O)n3C)CCN1.Cn1c(=O)oc2cc(C3CCCCC3)ccc21.Cn1c(=O)oc2cc(C3CCNC(C)(C)C3)ccc21.Cn1c(=O)oc2cccc(C3CCNCC3)c21. The molecule has 6 aromatic heterocycles. The van der Waals surface area contributed by atoms with Crippen LogP contribution in [-0.4, -0.2) is 90.3 Å². The van der Waals surface area contributed by atoms with Crippen molar-refractivity contribution < 1.29 is 26.5 Å². The lowest BCUT2D eigenvalue weighted by Crippen LogP contribution is -2.45. The van der Waals surface area contributed by atoms with E-state index in [1.54, 1.807) is 69.7 Å². The number of para-hydroxylation sites is 1. The minimum Gasteiger partial charge on any atom is -0.408 e.